The normalized spacial score (nSPS) is 12.2. The fourth-order valence-corrected chi connectivity index (χ4v) is 2.35. The van der Waals surface area contributed by atoms with E-state index in [0.717, 1.165) is 11.1 Å². The van der Waals surface area contributed by atoms with E-state index < -0.39 is 0 Å². The van der Waals surface area contributed by atoms with E-state index in [1.807, 2.05) is 6.92 Å². The summed E-state index contributed by atoms with van der Waals surface area (Å²) in [6, 6.07) is 13.1. The molecule has 0 amide bonds. The summed E-state index contributed by atoms with van der Waals surface area (Å²) >= 11 is 3.63. The number of rotatable bonds is 3. The molecule has 0 N–H and O–H groups in total. The second-order valence-electron chi connectivity index (χ2n) is 4.17. The average Bonchev–Trinajstić information content (AvgIpc) is 2.39. The second kappa shape index (κ2) is 5.53. The summed E-state index contributed by atoms with van der Waals surface area (Å²) in [5.74, 6) is -0.0751. The first-order chi connectivity index (χ1) is 8.61. The first kappa shape index (κ1) is 13.1. The van der Waals surface area contributed by atoms with Crippen LogP contribution in [0.4, 0.5) is 4.39 Å². The smallest absolute Gasteiger partial charge is 0.165 e. The molecule has 3 heteroatoms. The summed E-state index contributed by atoms with van der Waals surface area (Å²) < 4.78 is 18.3. The Labute approximate surface area is 115 Å². The molecule has 2 aromatic carbocycles. The van der Waals surface area contributed by atoms with Crippen molar-refractivity contribution >= 4 is 15.9 Å². The van der Waals surface area contributed by atoms with Crippen LogP contribution in [0.1, 0.15) is 21.5 Å². The molecule has 2 rings (SSSR count). The van der Waals surface area contributed by atoms with Crippen LogP contribution in [0.3, 0.4) is 0 Å². The SMILES string of the molecule is COc1cc(C(Br)c2ccc(C)cc2)ccc1F. The third-order valence-electron chi connectivity index (χ3n) is 2.84. The molecule has 0 radical (unpaired) electrons. The molecule has 2 aromatic rings. The molecule has 0 aliphatic carbocycles. The molecule has 0 saturated carbocycles. The quantitative estimate of drug-likeness (QED) is 0.751. The van der Waals surface area contributed by atoms with Gasteiger partial charge in [0.2, 0.25) is 0 Å². The predicted molar refractivity (Wildman–Crippen MR) is 74.9 cm³/mol. The van der Waals surface area contributed by atoms with Gasteiger partial charge in [-0.2, -0.15) is 0 Å². The highest BCUT2D eigenvalue weighted by Crippen LogP contribution is 2.33. The van der Waals surface area contributed by atoms with Crippen molar-refractivity contribution in [2.24, 2.45) is 0 Å². The zero-order valence-corrected chi connectivity index (χ0v) is 11.9. The lowest BCUT2D eigenvalue weighted by Gasteiger charge is -2.12. The van der Waals surface area contributed by atoms with Crippen LogP contribution in [0, 0.1) is 12.7 Å². The van der Waals surface area contributed by atoms with Gasteiger partial charge in [-0.05, 0) is 30.2 Å². The van der Waals surface area contributed by atoms with Crippen LogP contribution in [0.2, 0.25) is 0 Å². The second-order valence-corrected chi connectivity index (χ2v) is 5.08. The van der Waals surface area contributed by atoms with Crippen LogP contribution in [-0.4, -0.2) is 7.11 Å². The molecule has 1 atom stereocenters. The van der Waals surface area contributed by atoms with Crippen molar-refractivity contribution in [2.75, 3.05) is 7.11 Å². The van der Waals surface area contributed by atoms with E-state index >= 15 is 0 Å². The number of hydrogen-bond donors (Lipinski definition) is 0. The Morgan fingerprint density at radius 1 is 1.06 bits per heavy atom. The van der Waals surface area contributed by atoms with Crippen LogP contribution >= 0.6 is 15.9 Å². The highest BCUT2D eigenvalue weighted by atomic mass is 79.9. The molecule has 0 aliphatic heterocycles. The summed E-state index contributed by atoms with van der Waals surface area (Å²) in [7, 11) is 1.47. The van der Waals surface area contributed by atoms with Crippen molar-refractivity contribution < 1.29 is 9.13 Å². The zero-order chi connectivity index (χ0) is 13.1. The van der Waals surface area contributed by atoms with Crippen molar-refractivity contribution in [1.82, 2.24) is 0 Å². The number of alkyl halides is 1. The minimum absolute atomic E-state index is 0.0348. The molecule has 0 bridgehead atoms. The van der Waals surface area contributed by atoms with E-state index in [1.54, 1.807) is 12.1 Å². The Hall–Kier alpha value is -1.35. The summed E-state index contributed by atoms with van der Waals surface area (Å²) in [5, 5.41) is 0. The molecule has 0 fully saturated rings. The summed E-state index contributed by atoms with van der Waals surface area (Å²) in [4.78, 5) is 0.0348. The first-order valence-electron chi connectivity index (χ1n) is 5.66. The molecular weight excluding hydrogens is 295 g/mol. The maximum absolute atomic E-state index is 13.3. The predicted octanol–water partition coefficient (Wildman–Crippen LogP) is 4.63. The number of aryl methyl sites for hydroxylation is 1. The Morgan fingerprint density at radius 2 is 1.67 bits per heavy atom. The molecule has 18 heavy (non-hydrogen) atoms. The van der Waals surface area contributed by atoms with Crippen molar-refractivity contribution in [3.63, 3.8) is 0 Å². The lowest BCUT2D eigenvalue weighted by atomic mass is 10.0. The van der Waals surface area contributed by atoms with Crippen molar-refractivity contribution in [3.05, 3.63) is 65.0 Å². The van der Waals surface area contributed by atoms with Gasteiger partial charge in [0, 0.05) is 0 Å². The van der Waals surface area contributed by atoms with Gasteiger partial charge in [-0.3, -0.25) is 0 Å². The van der Waals surface area contributed by atoms with Gasteiger partial charge in [-0.25, -0.2) is 4.39 Å². The average molecular weight is 309 g/mol. The number of methoxy groups -OCH3 is 1. The van der Waals surface area contributed by atoms with E-state index in [9.17, 15) is 4.39 Å². The first-order valence-corrected chi connectivity index (χ1v) is 6.57. The molecule has 1 nitrogen and oxygen atoms in total. The highest BCUT2D eigenvalue weighted by molar-refractivity contribution is 9.09. The molecule has 0 saturated heterocycles. The summed E-state index contributed by atoms with van der Waals surface area (Å²) in [6.07, 6.45) is 0. The van der Waals surface area contributed by atoms with Gasteiger partial charge in [-0.1, -0.05) is 51.8 Å². The molecule has 1 unspecified atom stereocenters. The maximum atomic E-state index is 13.3. The van der Waals surface area contributed by atoms with Crippen LogP contribution < -0.4 is 4.74 Å². The van der Waals surface area contributed by atoms with E-state index in [-0.39, 0.29) is 16.4 Å². The summed E-state index contributed by atoms with van der Waals surface area (Å²) in [5.41, 5.74) is 3.32. The molecular formula is C15H14BrFO. The molecule has 0 heterocycles. The third-order valence-corrected chi connectivity index (χ3v) is 3.90. The molecule has 94 valence electrons. The lowest BCUT2D eigenvalue weighted by molar-refractivity contribution is 0.386. The fraction of sp³-hybridized carbons (Fsp3) is 0.200. The van der Waals surface area contributed by atoms with Crippen molar-refractivity contribution in [2.45, 2.75) is 11.8 Å². The van der Waals surface area contributed by atoms with Gasteiger partial charge in [0.15, 0.2) is 11.6 Å². The van der Waals surface area contributed by atoms with Crippen molar-refractivity contribution in [3.8, 4) is 5.75 Å². The lowest BCUT2D eigenvalue weighted by Crippen LogP contribution is -1.95. The van der Waals surface area contributed by atoms with Crippen LogP contribution in [-0.2, 0) is 0 Å². The third kappa shape index (κ3) is 2.72. The minimum Gasteiger partial charge on any atom is -0.494 e. The minimum atomic E-state index is -0.343. The zero-order valence-electron chi connectivity index (χ0n) is 10.3. The van der Waals surface area contributed by atoms with E-state index in [1.165, 1.54) is 18.7 Å². The van der Waals surface area contributed by atoms with Crippen LogP contribution in [0.15, 0.2) is 42.5 Å². The van der Waals surface area contributed by atoms with Crippen LogP contribution in [0.25, 0.3) is 0 Å². The van der Waals surface area contributed by atoms with Crippen LogP contribution in [0.5, 0.6) is 5.75 Å². The Balaban J connectivity index is 2.33. The van der Waals surface area contributed by atoms with Gasteiger partial charge < -0.3 is 4.74 Å². The Kier molecular flexibility index (Phi) is 4.02. The number of ether oxygens (including phenoxy) is 1. The van der Waals surface area contributed by atoms with Gasteiger partial charge in [0.25, 0.3) is 0 Å². The van der Waals surface area contributed by atoms with Gasteiger partial charge in [-0.15, -0.1) is 0 Å². The maximum Gasteiger partial charge on any atom is 0.165 e. The van der Waals surface area contributed by atoms with E-state index in [0.29, 0.717) is 0 Å². The summed E-state index contributed by atoms with van der Waals surface area (Å²) in [6.45, 7) is 2.05. The van der Waals surface area contributed by atoms with E-state index in [2.05, 4.69) is 40.2 Å². The van der Waals surface area contributed by atoms with Gasteiger partial charge >= 0.3 is 0 Å². The Bertz CT molecular complexity index is 537. The number of halogens is 2. The topological polar surface area (TPSA) is 9.23 Å². The molecule has 0 aliphatic rings. The van der Waals surface area contributed by atoms with Gasteiger partial charge in [0.1, 0.15) is 0 Å². The number of benzene rings is 2. The monoisotopic (exact) mass is 308 g/mol. The van der Waals surface area contributed by atoms with E-state index in [4.69, 9.17) is 4.74 Å². The fourth-order valence-electron chi connectivity index (χ4n) is 1.76. The largest absolute Gasteiger partial charge is 0.494 e. The standard InChI is InChI=1S/C15H14BrFO/c1-10-3-5-11(6-4-10)15(16)12-7-8-13(17)14(9-12)18-2/h3-9,15H,1-2H3. The molecule has 0 spiro atoms. The molecule has 0 aromatic heterocycles. The highest BCUT2D eigenvalue weighted by Gasteiger charge is 2.12. The Morgan fingerprint density at radius 3 is 2.28 bits per heavy atom. The van der Waals surface area contributed by atoms with Gasteiger partial charge in [0.05, 0.1) is 11.9 Å². The van der Waals surface area contributed by atoms with Crippen molar-refractivity contribution in [1.29, 1.82) is 0 Å². The number of hydrogen-bond acceptors (Lipinski definition) is 1.